The lowest BCUT2D eigenvalue weighted by Gasteiger charge is -2.27. The van der Waals surface area contributed by atoms with Crippen LogP contribution in [0.1, 0.15) is 46.1 Å². The van der Waals surface area contributed by atoms with Gasteiger partial charge in [-0.05, 0) is 58.2 Å². The predicted octanol–water partition coefficient (Wildman–Crippen LogP) is 3.16. The van der Waals surface area contributed by atoms with Crippen LogP contribution in [-0.4, -0.2) is 62.4 Å². The summed E-state index contributed by atoms with van der Waals surface area (Å²) in [5, 5.41) is 6.54. The van der Waals surface area contributed by atoms with Crippen molar-refractivity contribution in [3.8, 4) is 11.5 Å². The van der Waals surface area contributed by atoms with Crippen molar-refractivity contribution in [2.24, 2.45) is 4.99 Å². The standard InChI is InChI=1S/C22H36N4O4/c1-7-23-20(25-15-16-8-11-18(28-5)19(14-16)29-6)24-12-13-26(17-9-10-17)21(27)30-22(2,3)4/h8,11,14,17H,7,9-10,12-13,15H2,1-6H3,(H2,23,24,25). The average Bonchev–Trinajstić information content (AvgIpc) is 3.52. The Morgan fingerprint density at radius 3 is 2.43 bits per heavy atom. The largest absolute Gasteiger partial charge is 0.493 e. The molecular formula is C22H36N4O4. The normalized spacial score (nSPS) is 14.1. The second-order valence-electron chi connectivity index (χ2n) is 8.22. The maximum atomic E-state index is 12.5. The molecular weight excluding hydrogens is 384 g/mol. The first-order chi connectivity index (χ1) is 14.3. The quantitative estimate of drug-likeness (QED) is 0.472. The topological polar surface area (TPSA) is 84.4 Å². The van der Waals surface area contributed by atoms with E-state index in [1.54, 1.807) is 14.2 Å². The number of hydrogen-bond donors (Lipinski definition) is 2. The van der Waals surface area contributed by atoms with Gasteiger partial charge in [0.25, 0.3) is 0 Å². The molecule has 1 aromatic rings. The summed E-state index contributed by atoms with van der Waals surface area (Å²) >= 11 is 0. The van der Waals surface area contributed by atoms with Gasteiger partial charge in [-0.3, -0.25) is 0 Å². The highest BCUT2D eigenvalue weighted by atomic mass is 16.6. The van der Waals surface area contributed by atoms with Crippen LogP contribution in [-0.2, 0) is 11.3 Å². The Bertz CT molecular complexity index is 726. The van der Waals surface area contributed by atoms with Gasteiger partial charge in [0, 0.05) is 25.7 Å². The van der Waals surface area contributed by atoms with Crippen molar-refractivity contribution >= 4 is 12.1 Å². The van der Waals surface area contributed by atoms with E-state index in [0.717, 1.165) is 24.9 Å². The minimum Gasteiger partial charge on any atom is -0.493 e. The van der Waals surface area contributed by atoms with Gasteiger partial charge in [-0.15, -0.1) is 0 Å². The SMILES string of the molecule is CCNC(=NCc1ccc(OC)c(OC)c1)NCCN(C(=O)OC(C)(C)C)C1CC1. The summed E-state index contributed by atoms with van der Waals surface area (Å²) in [4.78, 5) is 18.9. The molecule has 0 atom stereocenters. The molecule has 30 heavy (non-hydrogen) atoms. The summed E-state index contributed by atoms with van der Waals surface area (Å²) < 4.78 is 16.2. The fourth-order valence-electron chi connectivity index (χ4n) is 2.92. The number of methoxy groups -OCH3 is 2. The number of nitrogens with zero attached hydrogens (tertiary/aromatic N) is 2. The van der Waals surface area contributed by atoms with Crippen LogP contribution in [0.3, 0.4) is 0 Å². The number of nitrogens with one attached hydrogen (secondary N) is 2. The zero-order valence-electron chi connectivity index (χ0n) is 19.1. The van der Waals surface area contributed by atoms with Crippen molar-refractivity contribution in [3.05, 3.63) is 23.8 Å². The Morgan fingerprint density at radius 1 is 1.17 bits per heavy atom. The van der Waals surface area contributed by atoms with E-state index in [-0.39, 0.29) is 12.1 Å². The molecule has 1 amide bonds. The summed E-state index contributed by atoms with van der Waals surface area (Å²) in [5.74, 6) is 2.07. The number of aliphatic imine (C=N–C) groups is 1. The molecule has 1 aromatic carbocycles. The first-order valence-electron chi connectivity index (χ1n) is 10.5. The third kappa shape index (κ3) is 7.65. The van der Waals surface area contributed by atoms with E-state index < -0.39 is 5.60 Å². The van der Waals surface area contributed by atoms with Crippen molar-refractivity contribution in [2.75, 3.05) is 33.9 Å². The Labute approximate surface area is 180 Å². The lowest BCUT2D eigenvalue weighted by Crippen LogP contribution is -2.45. The van der Waals surface area contributed by atoms with Crippen LogP contribution >= 0.6 is 0 Å². The van der Waals surface area contributed by atoms with Gasteiger partial charge in [0.2, 0.25) is 0 Å². The molecule has 0 saturated heterocycles. The van der Waals surface area contributed by atoms with Crippen LogP contribution in [0.2, 0.25) is 0 Å². The van der Waals surface area contributed by atoms with E-state index in [2.05, 4.69) is 15.6 Å². The Kier molecular flexibility index (Phi) is 8.62. The van der Waals surface area contributed by atoms with Gasteiger partial charge in [0.1, 0.15) is 5.60 Å². The number of rotatable bonds is 9. The highest BCUT2D eigenvalue weighted by molar-refractivity contribution is 5.79. The lowest BCUT2D eigenvalue weighted by atomic mass is 10.2. The molecule has 8 nitrogen and oxygen atoms in total. The molecule has 8 heteroatoms. The number of benzene rings is 1. The molecule has 2 rings (SSSR count). The minimum absolute atomic E-state index is 0.251. The van der Waals surface area contributed by atoms with Gasteiger partial charge in [-0.2, -0.15) is 0 Å². The minimum atomic E-state index is -0.493. The van der Waals surface area contributed by atoms with Crippen molar-refractivity contribution in [1.82, 2.24) is 15.5 Å². The third-order valence-corrected chi connectivity index (χ3v) is 4.47. The molecule has 1 saturated carbocycles. The van der Waals surface area contributed by atoms with E-state index in [4.69, 9.17) is 14.2 Å². The van der Waals surface area contributed by atoms with E-state index in [1.165, 1.54) is 0 Å². The van der Waals surface area contributed by atoms with Gasteiger partial charge in [-0.1, -0.05) is 6.07 Å². The summed E-state index contributed by atoms with van der Waals surface area (Å²) in [6.07, 6.45) is 1.82. The van der Waals surface area contributed by atoms with E-state index in [0.29, 0.717) is 37.1 Å². The first kappa shape index (κ1) is 23.6. The zero-order chi connectivity index (χ0) is 22.1. The van der Waals surface area contributed by atoms with Gasteiger partial charge in [-0.25, -0.2) is 9.79 Å². The third-order valence-electron chi connectivity index (χ3n) is 4.47. The monoisotopic (exact) mass is 420 g/mol. The van der Waals surface area contributed by atoms with Crippen LogP contribution < -0.4 is 20.1 Å². The summed E-state index contributed by atoms with van der Waals surface area (Å²) in [6, 6.07) is 6.04. The van der Waals surface area contributed by atoms with Crippen molar-refractivity contribution < 1.29 is 19.0 Å². The molecule has 0 radical (unpaired) electrons. The maximum Gasteiger partial charge on any atom is 0.410 e. The molecule has 0 aliphatic heterocycles. The summed E-state index contributed by atoms with van der Waals surface area (Å²) in [6.45, 7) is 10.1. The Balaban J connectivity index is 1.93. The second kappa shape index (κ2) is 10.9. The molecule has 1 fully saturated rings. The molecule has 0 heterocycles. The summed E-state index contributed by atoms with van der Waals surface area (Å²) in [5.41, 5.74) is 0.520. The van der Waals surface area contributed by atoms with Crippen LogP contribution in [0, 0.1) is 0 Å². The van der Waals surface area contributed by atoms with Gasteiger partial charge in [0.15, 0.2) is 17.5 Å². The number of ether oxygens (including phenoxy) is 3. The number of carbonyl (C=O) groups excluding carboxylic acids is 1. The fourth-order valence-corrected chi connectivity index (χ4v) is 2.92. The number of carbonyl (C=O) groups is 1. The van der Waals surface area contributed by atoms with Crippen molar-refractivity contribution in [2.45, 2.75) is 58.7 Å². The predicted molar refractivity (Wildman–Crippen MR) is 118 cm³/mol. The van der Waals surface area contributed by atoms with Crippen LogP contribution in [0.5, 0.6) is 11.5 Å². The molecule has 1 aliphatic carbocycles. The maximum absolute atomic E-state index is 12.5. The van der Waals surface area contributed by atoms with Crippen molar-refractivity contribution in [3.63, 3.8) is 0 Å². The van der Waals surface area contributed by atoms with E-state index >= 15 is 0 Å². The number of hydrogen-bond acceptors (Lipinski definition) is 5. The van der Waals surface area contributed by atoms with Gasteiger partial charge < -0.3 is 29.7 Å². The summed E-state index contributed by atoms with van der Waals surface area (Å²) in [7, 11) is 3.23. The van der Waals surface area contributed by atoms with Crippen molar-refractivity contribution in [1.29, 1.82) is 0 Å². The molecule has 2 N–H and O–H groups in total. The Morgan fingerprint density at radius 2 is 1.87 bits per heavy atom. The zero-order valence-corrected chi connectivity index (χ0v) is 19.1. The average molecular weight is 421 g/mol. The molecule has 0 spiro atoms. The highest BCUT2D eigenvalue weighted by Crippen LogP contribution is 2.28. The first-order valence-corrected chi connectivity index (χ1v) is 10.5. The smallest absolute Gasteiger partial charge is 0.410 e. The number of guanidine groups is 1. The molecule has 168 valence electrons. The van der Waals surface area contributed by atoms with E-state index in [9.17, 15) is 4.79 Å². The lowest BCUT2D eigenvalue weighted by molar-refractivity contribution is 0.0238. The van der Waals surface area contributed by atoms with Crippen LogP contribution in [0.15, 0.2) is 23.2 Å². The molecule has 1 aliphatic rings. The van der Waals surface area contributed by atoms with Gasteiger partial charge in [0.05, 0.1) is 20.8 Å². The fraction of sp³-hybridized carbons (Fsp3) is 0.636. The van der Waals surface area contributed by atoms with E-state index in [1.807, 2.05) is 50.8 Å². The number of amides is 1. The van der Waals surface area contributed by atoms with Gasteiger partial charge >= 0.3 is 6.09 Å². The highest BCUT2D eigenvalue weighted by Gasteiger charge is 2.34. The van der Waals surface area contributed by atoms with Crippen LogP contribution in [0.4, 0.5) is 4.79 Å². The molecule has 0 unspecified atom stereocenters. The Hall–Kier alpha value is -2.64. The molecule has 0 aromatic heterocycles. The molecule has 0 bridgehead atoms. The second-order valence-corrected chi connectivity index (χ2v) is 8.22. The van der Waals surface area contributed by atoms with Crippen LogP contribution in [0.25, 0.3) is 0 Å².